The van der Waals surface area contributed by atoms with Crippen LogP contribution >= 0.6 is 8.60 Å². The van der Waals surface area contributed by atoms with E-state index >= 15 is 0 Å². The van der Waals surface area contributed by atoms with Gasteiger partial charge in [-0.3, -0.25) is 18.4 Å². The highest BCUT2D eigenvalue weighted by Gasteiger charge is 2.52. The van der Waals surface area contributed by atoms with Crippen molar-refractivity contribution in [3.63, 3.8) is 0 Å². The third-order valence-corrected chi connectivity index (χ3v) is 6.66. The molecule has 1 aromatic carbocycles. The fourth-order valence-corrected chi connectivity index (χ4v) is 4.79. The molecule has 3 unspecified atom stereocenters. The van der Waals surface area contributed by atoms with E-state index in [0.29, 0.717) is 18.8 Å². The quantitative estimate of drug-likeness (QED) is 0.257. The average Bonchev–Trinajstić information content (AvgIpc) is 3.22. The number of carboxylic acids is 1. The summed E-state index contributed by atoms with van der Waals surface area (Å²) in [5.41, 5.74) is 5.37. The molecule has 39 heavy (non-hydrogen) atoms. The number of fused-ring (bicyclic) bond motifs is 1. The number of aliphatic carboxylic acids is 1. The lowest BCUT2D eigenvalue weighted by Crippen LogP contribution is -2.35. The first-order valence-corrected chi connectivity index (χ1v) is 14.2. The van der Waals surface area contributed by atoms with Crippen LogP contribution < -0.4 is 15.9 Å². The van der Waals surface area contributed by atoms with E-state index in [9.17, 15) is 18.4 Å². The first-order valence-electron chi connectivity index (χ1n) is 13.1. The minimum absolute atomic E-state index is 0.0490. The number of hydrogen-bond acceptors (Lipinski definition) is 8. The summed E-state index contributed by atoms with van der Waals surface area (Å²) in [5, 5.41) is 8.27. The van der Waals surface area contributed by atoms with Crippen LogP contribution in [0.3, 0.4) is 0 Å². The summed E-state index contributed by atoms with van der Waals surface area (Å²) in [5.74, 6) is -3.34. The molecule has 3 N–H and O–H groups in total. The third-order valence-electron chi connectivity index (χ3n) is 5.62. The summed E-state index contributed by atoms with van der Waals surface area (Å²) < 4.78 is 51.3. The molecule has 0 saturated carbocycles. The topological polar surface area (TPSA) is 135 Å². The van der Waals surface area contributed by atoms with Gasteiger partial charge < -0.3 is 20.1 Å². The minimum atomic E-state index is -3.26. The molecule has 2 aliphatic heterocycles. The fraction of sp³-hybridized carbons (Fsp3) is 0.577. The molecule has 10 nitrogen and oxygen atoms in total. The highest BCUT2D eigenvalue weighted by Crippen LogP contribution is 2.48. The van der Waals surface area contributed by atoms with E-state index in [1.807, 2.05) is 32.0 Å². The number of anilines is 1. The number of nitrogens with two attached hydrogens (primary N) is 1. The van der Waals surface area contributed by atoms with Crippen molar-refractivity contribution in [1.29, 1.82) is 0 Å². The first kappa shape index (κ1) is 32.6. The van der Waals surface area contributed by atoms with Crippen molar-refractivity contribution < 1.29 is 37.0 Å². The summed E-state index contributed by atoms with van der Waals surface area (Å²) in [6, 6.07) is 8.60. The van der Waals surface area contributed by atoms with Gasteiger partial charge in [0.05, 0.1) is 19.3 Å². The Morgan fingerprint density at radius 2 is 1.95 bits per heavy atom. The lowest BCUT2D eigenvalue weighted by molar-refractivity contribution is -0.137. The Hall–Kier alpha value is -2.66. The number of benzene rings is 1. The van der Waals surface area contributed by atoms with Crippen molar-refractivity contribution in [3.8, 4) is 5.75 Å². The van der Waals surface area contributed by atoms with Crippen molar-refractivity contribution in [2.45, 2.75) is 90.6 Å². The van der Waals surface area contributed by atoms with Crippen LogP contribution in [0.4, 0.5) is 14.6 Å². The van der Waals surface area contributed by atoms with Crippen LogP contribution in [-0.4, -0.2) is 39.3 Å². The van der Waals surface area contributed by atoms with E-state index in [2.05, 4.69) is 11.9 Å². The van der Waals surface area contributed by atoms with Gasteiger partial charge in [-0.05, 0) is 18.6 Å². The number of aromatic nitrogens is 2. The molecule has 218 valence electrons. The van der Waals surface area contributed by atoms with Crippen LogP contribution in [0.25, 0.3) is 0 Å². The number of ether oxygens (including phenoxy) is 1. The van der Waals surface area contributed by atoms with Crippen LogP contribution in [-0.2, 0) is 25.2 Å². The molecule has 1 fully saturated rings. The zero-order valence-electron chi connectivity index (χ0n) is 22.6. The summed E-state index contributed by atoms with van der Waals surface area (Å²) in [6.07, 6.45) is 3.72. The zero-order chi connectivity index (χ0) is 28.8. The molecule has 3 atom stereocenters. The molecule has 0 spiro atoms. The van der Waals surface area contributed by atoms with Gasteiger partial charge in [0.25, 0.3) is 5.92 Å². The minimum Gasteiger partial charge on any atom is -0.481 e. The molecule has 13 heteroatoms. The van der Waals surface area contributed by atoms with Gasteiger partial charge in [0.1, 0.15) is 11.6 Å². The summed E-state index contributed by atoms with van der Waals surface area (Å²) in [6.45, 7) is 6.31. The molecular weight excluding hydrogens is 535 g/mol. The lowest BCUT2D eigenvalue weighted by atomic mass is 10.1. The van der Waals surface area contributed by atoms with Crippen molar-refractivity contribution in [3.05, 3.63) is 52.6 Å². The second kappa shape index (κ2) is 16.4. The van der Waals surface area contributed by atoms with E-state index in [1.54, 1.807) is 6.07 Å². The number of para-hydroxylation sites is 1. The van der Waals surface area contributed by atoms with Gasteiger partial charge in [-0.1, -0.05) is 64.7 Å². The number of carboxylic acid groups (broad SMARTS) is 1. The number of hydrogen-bond donors (Lipinski definition) is 2. The number of nitrogens with zero attached hydrogens (tertiary/aromatic N) is 2. The van der Waals surface area contributed by atoms with Crippen molar-refractivity contribution in [1.82, 2.24) is 9.55 Å². The van der Waals surface area contributed by atoms with E-state index in [-0.39, 0.29) is 12.4 Å². The van der Waals surface area contributed by atoms with Crippen LogP contribution in [0.15, 0.2) is 41.3 Å². The molecule has 0 bridgehead atoms. The molecule has 3 heterocycles. The lowest BCUT2D eigenvalue weighted by Gasteiger charge is -2.24. The summed E-state index contributed by atoms with van der Waals surface area (Å²) in [7, 11) is -1.71. The predicted molar refractivity (Wildman–Crippen MR) is 143 cm³/mol. The SMILES string of the molecule is CC.CCCCCCCC(=O)O.Nc1ccn(C2OC(COP3OCc4ccccc4O3)CC2(F)F)c(=O)n1. The Morgan fingerprint density at radius 3 is 2.64 bits per heavy atom. The number of nitrogen functional groups attached to an aromatic ring is 1. The highest BCUT2D eigenvalue weighted by molar-refractivity contribution is 7.42. The Bertz CT molecular complexity index is 1090. The summed E-state index contributed by atoms with van der Waals surface area (Å²) in [4.78, 5) is 25.3. The highest BCUT2D eigenvalue weighted by atomic mass is 31.2. The van der Waals surface area contributed by atoms with Crippen molar-refractivity contribution >= 4 is 20.4 Å². The normalized spacial score (nSPS) is 20.9. The van der Waals surface area contributed by atoms with Crippen molar-refractivity contribution in [2.24, 2.45) is 0 Å². The van der Waals surface area contributed by atoms with E-state index in [0.717, 1.165) is 29.2 Å². The average molecular weight is 574 g/mol. The Labute approximate surface area is 228 Å². The molecule has 2 aliphatic rings. The van der Waals surface area contributed by atoms with Crippen molar-refractivity contribution in [2.75, 3.05) is 12.3 Å². The number of unbranched alkanes of at least 4 members (excludes halogenated alkanes) is 4. The maximum Gasteiger partial charge on any atom is 0.397 e. The first-order chi connectivity index (χ1) is 18.7. The van der Waals surface area contributed by atoms with E-state index in [1.165, 1.54) is 25.3 Å². The second-order valence-electron chi connectivity index (χ2n) is 8.67. The maximum atomic E-state index is 14.3. The number of alkyl halides is 2. The van der Waals surface area contributed by atoms with Gasteiger partial charge in [-0.15, -0.1) is 0 Å². The molecule has 0 amide bonds. The molecule has 4 rings (SSSR count). The maximum absolute atomic E-state index is 14.3. The van der Waals surface area contributed by atoms with Gasteiger partial charge in [-0.25, -0.2) is 13.6 Å². The van der Waals surface area contributed by atoms with Gasteiger partial charge in [0.15, 0.2) is 0 Å². The van der Waals surface area contributed by atoms with Gasteiger partial charge in [0.2, 0.25) is 6.23 Å². The Kier molecular flexibility index (Phi) is 13.7. The van der Waals surface area contributed by atoms with Gasteiger partial charge >= 0.3 is 20.3 Å². The van der Waals surface area contributed by atoms with Crippen LogP contribution in [0, 0.1) is 0 Å². The Morgan fingerprint density at radius 1 is 1.23 bits per heavy atom. The fourth-order valence-electron chi connectivity index (χ4n) is 3.73. The zero-order valence-corrected chi connectivity index (χ0v) is 23.4. The predicted octanol–water partition coefficient (Wildman–Crippen LogP) is 6.06. The molecular formula is C26H38F2N3O7P. The number of rotatable bonds is 10. The smallest absolute Gasteiger partial charge is 0.397 e. The van der Waals surface area contributed by atoms with E-state index in [4.69, 9.17) is 29.1 Å². The standard InChI is InChI=1S/C16H16F2N3O5P.C8H16O2.C2H6/c17-16(18)7-11(25-14(16)21-6-5-13(19)20-15(21)22)9-24-27-23-8-10-3-1-2-4-12(10)26-27;1-2-3-4-5-6-7-8(9)10;1-2/h1-6,11,14H,7-9H2,(H2,19,20,22);2-7H2,1H3,(H,9,10);1-2H3. The molecule has 2 aromatic rings. The monoisotopic (exact) mass is 573 g/mol. The third kappa shape index (κ3) is 10.4. The largest absolute Gasteiger partial charge is 0.481 e. The number of halogens is 2. The molecule has 1 saturated heterocycles. The van der Waals surface area contributed by atoms with E-state index < -0.39 is 44.9 Å². The molecule has 0 radical (unpaired) electrons. The van der Waals surface area contributed by atoms with Gasteiger partial charge in [-0.2, -0.15) is 4.98 Å². The summed E-state index contributed by atoms with van der Waals surface area (Å²) >= 11 is 0. The van der Waals surface area contributed by atoms with Crippen LogP contribution in [0.1, 0.15) is 77.5 Å². The second-order valence-corrected chi connectivity index (χ2v) is 9.81. The van der Waals surface area contributed by atoms with Crippen LogP contribution in [0.2, 0.25) is 0 Å². The van der Waals surface area contributed by atoms with Gasteiger partial charge in [0, 0.05) is 24.6 Å². The van der Waals surface area contributed by atoms with Crippen LogP contribution in [0.5, 0.6) is 5.75 Å². The molecule has 1 aromatic heterocycles. The molecule has 0 aliphatic carbocycles. The number of carbonyl (C=O) groups is 1. The Balaban J connectivity index is 0.000000378.